The van der Waals surface area contributed by atoms with Crippen molar-refractivity contribution < 1.29 is 4.74 Å². The first-order valence-electron chi connectivity index (χ1n) is 5.91. The van der Waals surface area contributed by atoms with Crippen LogP contribution in [0.4, 0.5) is 0 Å². The maximum absolute atomic E-state index is 5.85. The van der Waals surface area contributed by atoms with Crippen LogP contribution in [0, 0.1) is 0 Å². The van der Waals surface area contributed by atoms with E-state index in [-0.39, 0.29) is 5.60 Å². The van der Waals surface area contributed by atoms with Gasteiger partial charge < -0.3 is 10.5 Å². The van der Waals surface area contributed by atoms with Crippen LogP contribution < -0.4 is 5.73 Å². The Balaban J connectivity index is 2.05. The molecule has 0 amide bonds. The number of nitrogens with two attached hydrogens (primary N) is 1. The van der Waals surface area contributed by atoms with Crippen molar-refractivity contribution in [2.45, 2.75) is 44.6 Å². The first kappa shape index (κ1) is 12.0. The van der Waals surface area contributed by atoms with Crippen molar-refractivity contribution in [3.05, 3.63) is 10.0 Å². The van der Waals surface area contributed by atoms with Crippen molar-refractivity contribution >= 4 is 11.3 Å². The molecule has 0 bridgehead atoms. The van der Waals surface area contributed by atoms with Gasteiger partial charge in [-0.15, -0.1) is 10.2 Å². The zero-order chi connectivity index (χ0) is 11.4. The predicted molar refractivity (Wildman–Crippen MR) is 64.4 cm³/mol. The quantitative estimate of drug-likeness (QED) is 0.874. The first-order valence-corrected chi connectivity index (χ1v) is 6.73. The van der Waals surface area contributed by atoms with Crippen molar-refractivity contribution in [2.24, 2.45) is 5.73 Å². The maximum Gasteiger partial charge on any atom is 0.149 e. The molecule has 0 spiro atoms. The smallest absolute Gasteiger partial charge is 0.149 e. The predicted octanol–water partition coefficient (Wildman–Crippen LogP) is 1.85. The molecule has 5 heteroatoms. The van der Waals surface area contributed by atoms with E-state index in [4.69, 9.17) is 10.5 Å². The van der Waals surface area contributed by atoms with E-state index < -0.39 is 0 Å². The Kier molecular flexibility index (Phi) is 3.89. The van der Waals surface area contributed by atoms with Crippen LogP contribution >= 0.6 is 11.3 Å². The number of aromatic nitrogens is 2. The van der Waals surface area contributed by atoms with Gasteiger partial charge in [0.15, 0.2) is 0 Å². The summed E-state index contributed by atoms with van der Waals surface area (Å²) in [5.74, 6) is 0. The third-order valence-electron chi connectivity index (χ3n) is 2.98. The highest BCUT2D eigenvalue weighted by Crippen LogP contribution is 2.36. The number of nitrogens with zero attached hydrogens (tertiary/aromatic N) is 2. The first-order chi connectivity index (χ1) is 7.74. The summed E-state index contributed by atoms with van der Waals surface area (Å²) in [4.78, 5) is 0. The highest BCUT2D eigenvalue weighted by Gasteiger charge is 2.33. The Labute approximate surface area is 100 Å². The van der Waals surface area contributed by atoms with E-state index >= 15 is 0 Å². The van der Waals surface area contributed by atoms with Gasteiger partial charge in [0.2, 0.25) is 0 Å². The zero-order valence-electron chi connectivity index (χ0n) is 9.74. The molecule has 0 aromatic carbocycles. The monoisotopic (exact) mass is 241 g/mol. The summed E-state index contributed by atoms with van der Waals surface area (Å²) in [5, 5.41) is 10.6. The van der Waals surface area contributed by atoms with E-state index in [0.717, 1.165) is 42.3 Å². The second-order valence-electron chi connectivity index (χ2n) is 4.43. The Bertz CT molecular complexity index is 334. The largest absolute Gasteiger partial charge is 0.368 e. The topological polar surface area (TPSA) is 61.0 Å². The van der Waals surface area contributed by atoms with Crippen LogP contribution in [0.15, 0.2) is 0 Å². The van der Waals surface area contributed by atoms with E-state index in [1.54, 1.807) is 11.3 Å². The minimum Gasteiger partial charge on any atom is -0.368 e. The number of hydrogen-bond acceptors (Lipinski definition) is 5. The van der Waals surface area contributed by atoms with E-state index in [1.807, 2.05) is 0 Å². The van der Waals surface area contributed by atoms with Gasteiger partial charge in [-0.05, 0) is 39.2 Å². The van der Waals surface area contributed by atoms with Crippen LogP contribution in [0.5, 0.6) is 0 Å². The Hall–Kier alpha value is -0.520. The molecule has 0 saturated carbocycles. The fourth-order valence-electron chi connectivity index (χ4n) is 1.92. The standard InChI is InChI=1S/C11H19N3OS/c1-11(6-2-3-8-15-11)10-14-13-9(16-10)5-4-7-12/h2-8,12H2,1H3. The third kappa shape index (κ3) is 2.59. The van der Waals surface area contributed by atoms with Crippen LogP contribution in [-0.2, 0) is 16.8 Å². The van der Waals surface area contributed by atoms with E-state index in [0.29, 0.717) is 6.54 Å². The van der Waals surface area contributed by atoms with Crippen LogP contribution in [0.3, 0.4) is 0 Å². The molecule has 0 aliphatic carbocycles. The fourth-order valence-corrected chi connectivity index (χ4v) is 2.93. The van der Waals surface area contributed by atoms with Crippen molar-refractivity contribution in [1.82, 2.24) is 10.2 Å². The summed E-state index contributed by atoms with van der Waals surface area (Å²) in [6.45, 7) is 3.68. The molecule has 1 aromatic rings. The number of rotatable bonds is 4. The summed E-state index contributed by atoms with van der Waals surface area (Å²) < 4.78 is 5.85. The van der Waals surface area contributed by atoms with Gasteiger partial charge in [-0.2, -0.15) is 0 Å². The lowest BCUT2D eigenvalue weighted by Crippen LogP contribution is -2.29. The van der Waals surface area contributed by atoms with Gasteiger partial charge in [-0.1, -0.05) is 11.3 Å². The Morgan fingerprint density at radius 2 is 2.31 bits per heavy atom. The summed E-state index contributed by atoms with van der Waals surface area (Å²) in [6.07, 6.45) is 5.34. The molecule has 1 atom stereocenters. The molecule has 1 fully saturated rings. The second-order valence-corrected chi connectivity index (χ2v) is 5.49. The van der Waals surface area contributed by atoms with Gasteiger partial charge >= 0.3 is 0 Å². The van der Waals surface area contributed by atoms with Crippen LogP contribution in [0.25, 0.3) is 0 Å². The van der Waals surface area contributed by atoms with Gasteiger partial charge in [0, 0.05) is 13.0 Å². The highest BCUT2D eigenvalue weighted by molar-refractivity contribution is 7.11. The van der Waals surface area contributed by atoms with Gasteiger partial charge in [-0.25, -0.2) is 0 Å². The van der Waals surface area contributed by atoms with Crippen molar-refractivity contribution in [2.75, 3.05) is 13.2 Å². The summed E-state index contributed by atoms with van der Waals surface area (Å²) in [5.41, 5.74) is 5.29. The molecular formula is C11H19N3OS. The third-order valence-corrected chi connectivity index (χ3v) is 4.21. The van der Waals surface area contributed by atoms with Crippen LogP contribution in [0.1, 0.15) is 42.6 Å². The lowest BCUT2D eigenvalue weighted by molar-refractivity contribution is -0.0705. The lowest BCUT2D eigenvalue weighted by Gasteiger charge is -2.31. The van der Waals surface area contributed by atoms with Gasteiger partial charge in [0.25, 0.3) is 0 Å². The molecule has 4 nitrogen and oxygen atoms in total. The molecule has 1 aromatic heterocycles. The van der Waals surface area contributed by atoms with Gasteiger partial charge in [0.05, 0.1) is 0 Å². The van der Waals surface area contributed by atoms with Crippen LogP contribution in [0.2, 0.25) is 0 Å². The minimum atomic E-state index is -0.198. The Morgan fingerprint density at radius 3 is 3.00 bits per heavy atom. The fraction of sp³-hybridized carbons (Fsp3) is 0.818. The Morgan fingerprint density at radius 1 is 1.44 bits per heavy atom. The van der Waals surface area contributed by atoms with Gasteiger partial charge in [-0.3, -0.25) is 0 Å². The number of ether oxygens (including phenoxy) is 1. The number of hydrogen-bond donors (Lipinski definition) is 1. The van der Waals surface area contributed by atoms with Crippen molar-refractivity contribution in [3.8, 4) is 0 Å². The molecule has 2 N–H and O–H groups in total. The molecular weight excluding hydrogens is 222 g/mol. The van der Waals surface area contributed by atoms with E-state index in [9.17, 15) is 0 Å². The molecule has 16 heavy (non-hydrogen) atoms. The SMILES string of the molecule is CC1(c2nnc(CCCN)s2)CCCCO1. The summed E-state index contributed by atoms with van der Waals surface area (Å²) in [6, 6.07) is 0. The average molecular weight is 241 g/mol. The van der Waals surface area contributed by atoms with Crippen LogP contribution in [-0.4, -0.2) is 23.3 Å². The molecule has 90 valence electrons. The van der Waals surface area contributed by atoms with E-state index in [2.05, 4.69) is 17.1 Å². The molecule has 2 rings (SSSR count). The normalized spacial score (nSPS) is 25.9. The molecule has 0 radical (unpaired) electrons. The minimum absolute atomic E-state index is 0.198. The average Bonchev–Trinajstić information content (AvgIpc) is 2.77. The molecule has 1 aliphatic heterocycles. The number of aryl methyl sites for hydroxylation is 1. The molecule has 1 unspecified atom stereocenters. The zero-order valence-corrected chi connectivity index (χ0v) is 10.6. The lowest BCUT2D eigenvalue weighted by atomic mass is 9.97. The summed E-state index contributed by atoms with van der Waals surface area (Å²) in [7, 11) is 0. The molecule has 1 saturated heterocycles. The van der Waals surface area contributed by atoms with E-state index in [1.165, 1.54) is 6.42 Å². The highest BCUT2D eigenvalue weighted by atomic mass is 32.1. The molecule has 1 aliphatic rings. The molecule has 2 heterocycles. The van der Waals surface area contributed by atoms with Gasteiger partial charge in [0.1, 0.15) is 15.6 Å². The van der Waals surface area contributed by atoms with Crippen molar-refractivity contribution in [3.63, 3.8) is 0 Å². The van der Waals surface area contributed by atoms with Crippen molar-refractivity contribution in [1.29, 1.82) is 0 Å². The summed E-state index contributed by atoms with van der Waals surface area (Å²) >= 11 is 1.68. The second kappa shape index (κ2) is 5.21. The maximum atomic E-state index is 5.85.